The van der Waals surface area contributed by atoms with E-state index in [0.29, 0.717) is 35.6 Å². The number of ketones is 2. The third-order valence-electron chi connectivity index (χ3n) is 8.95. The predicted molar refractivity (Wildman–Crippen MR) is 203 cm³/mol. The fourth-order valence-electron chi connectivity index (χ4n) is 6.43. The molecule has 9 nitrogen and oxygen atoms in total. The third kappa shape index (κ3) is 9.32. The number of methoxy groups -OCH3 is 1. The largest absolute Gasteiger partial charge is 0.508 e. The van der Waals surface area contributed by atoms with E-state index in [4.69, 9.17) is 9.47 Å². The van der Waals surface area contributed by atoms with E-state index in [0.717, 1.165) is 57.2 Å². The summed E-state index contributed by atoms with van der Waals surface area (Å²) in [6.07, 6.45) is 2.70. The van der Waals surface area contributed by atoms with Gasteiger partial charge in [0.25, 0.3) is 0 Å². The molecular weight excluding hydrogens is 673 g/mol. The van der Waals surface area contributed by atoms with Gasteiger partial charge >= 0.3 is 0 Å². The Kier molecular flexibility index (Phi) is 13.5. The minimum atomic E-state index is -0.505. The zero-order valence-electron chi connectivity index (χ0n) is 28.8. The van der Waals surface area contributed by atoms with E-state index in [1.807, 2.05) is 42.5 Å². The van der Waals surface area contributed by atoms with Gasteiger partial charge in [-0.1, -0.05) is 58.3 Å². The number of phenols is 2. The van der Waals surface area contributed by atoms with Crippen LogP contribution in [0.3, 0.4) is 0 Å². The highest BCUT2D eigenvalue weighted by molar-refractivity contribution is 8.76. The lowest BCUT2D eigenvalue weighted by Crippen LogP contribution is -2.28. The number of aromatic hydroxyl groups is 2. The highest BCUT2D eigenvalue weighted by Crippen LogP contribution is 2.45. The third-order valence-corrected chi connectivity index (χ3v) is 11.3. The van der Waals surface area contributed by atoms with Gasteiger partial charge in [-0.15, -0.1) is 0 Å². The zero-order chi connectivity index (χ0) is 35.6. The predicted octanol–water partition coefficient (Wildman–Crippen LogP) is 7.68. The molecule has 266 valence electrons. The number of aliphatic hydroxyl groups is 1. The van der Waals surface area contributed by atoms with Gasteiger partial charge in [0.1, 0.15) is 23.5 Å². The number of carbonyl (C=O) groups excluding carboxylic acids is 2. The van der Waals surface area contributed by atoms with Crippen molar-refractivity contribution in [3.63, 3.8) is 0 Å². The first kappa shape index (κ1) is 37.5. The average molecular weight is 719 g/mol. The summed E-state index contributed by atoms with van der Waals surface area (Å²) < 4.78 is 12.4. The van der Waals surface area contributed by atoms with E-state index in [1.54, 1.807) is 46.8 Å². The Morgan fingerprint density at radius 2 is 1.84 bits per heavy atom. The number of anilines is 1. The molecular formula is C39H46N2O7S2. The molecule has 0 saturated carbocycles. The van der Waals surface area contributed by atoms with Crippen molar-refractivity contribution in [2.24, 2.45) is 0 Å². The fourth-order valence-corrected chi connectivity index (χ4v) is 8.69. The molecule has 0 saturated heterocycles. The van der Waals surface area contributed by atoms with Crippen molar-refractivity contribution in [3.8, 4) is 28.4 Å². The van der Waals surface area contributed by atoms with Crippen LogP contribution in [0.4, 0.5) is 5.69 Å². The summed E-state index contributed by atoms with van der Waals surface area (Å²) in [6, 6.07) is 18.5. The number of carbonyl (C=O) groups is 2. The highest BCUT2D eigenvalue weighted by atomic mass is 33.1. The Bertz CT molecular complexity index is 1820. The lowest BCUT2D eigenvalue weighted by atomic mass is 9.89. The molecule has 5 N–H and O–H groups in total. The normalized spacial score (nSPS) is 16.7. The van der Waals surface area contributed by atoms with Gasteiger partial charge in [-0.05, 0) is 96.6 Å². The standard InChI is InChI=1S/C39H46N2O7S2/c1-24(43)21-41-35-15-10-27(18-28(35)22-42)39(40-2)48-31-6-4-5-17-49-50-23-34-32(14-9-25-7-12-30(45)20-33(25)34)37-26(8-13-29(44)19-31)11-16-36(46)38(37)47-3/h7,9-12,14-16,18,20,31,39-42,45-46H,4-6,8,13,17,19,21-23H2,1-3H3/t31-,39+/m0/s1. The number of benzene rings is 4. The Morgan fingerprint density at radius 1 is 1.02 bits per heavy atom. The number of aliphatic hydroxyl groups excluding tert-OH is 1. The number of aryl methyl sites for hydroxylation is 1. The number of hydrogen-bond donors (Lipinski definition) is 5. The molecule has 0 bridgehead atoms. The van der Waals surface area contributed by atoms with Crippen LogP contribution in [0.5, 0.6) is 17.2 Å². The minimum absolute atomic E-state index is 0.00331. The van der Waals surface area contributed by atoms with Crippen LogP contribution in [0.2, 0.25) is 0 Å². The van der Waals surface area contributed by atoms with E-state index in [9.17, 15) is 24.9 Å². The van der Waals surface area contributed by atoms with Crippen molar-refractivity contribution in [2.75, 3.05) is 31.8 Å². The summed E-state index contributed by atoms with van der Waals surface area (Å²) in [7, 11) is 6.89. The molecule has 1 aliphatic rings. The van der Waals surface area contributed by atoms with Crippen molar-refractivity contribution in [3.05, 3.63) is 82.9 Å². The summed E-state index contributed by atoms with van der Waals surface area (Å²) in [5.74, 6) is 2.23. The fraction of sp³-hybridized carbons (Fsp3) is 0.385. The monoisotopic (exact) mass is 718 g/mol. The minimum Gasteiger partial charge on any atom is -0.508 e. The van der Waals surface area contributed by atoms with Crippen molar-refractivity contribution in [1.82, 2.24) is 5.32 Å². The van der Waals surface area contributed by atoms with Crippen LogP contribution in [0.15, 0.2) is 60.7 Å². The van der Waals surface area contributed by atoms with Gasteiger partial charge in [0.2, 0.25) is 0 Å². The van der Waals surface area contributed by atoms with Gasteiger partial charge in [0.05, 0.1) is 26.4 Å². The van der Waals surface area contributed by atoms with E-state index in [1.165, 1.54) is 14.0 Å². The number of fused-ring (bicyclic) bond motifs is 5. The number of nitrogens with one attached hydrogen (secondary N) is 2. The van der Waals surface area contributed by atoms with Crippen LogP contribution in [-0.2, 0) is 33.1 Å². The Hall–Kier alpha value is -3.74. The van der Waals surface area contributed by atoms with Crippen molar-refractivity contribution < 1.29 is 34.4 Å². The molecule has 0 spiro atoms. The molecule has 0 aromatic heterocycles. The van der Waals surface area contributed by atoms with Crippen LogP contribution in [0, 0.1) is 0 Å². The molecule has 0 unspecified atom stereocenters. The van der Waals surface area contributed by atoms with E-state index in [-0.39, 0.29) is 55.2 Å². The van der Waals surface area contributed by atoms with Gasteiger partial charge < -0.3 is 30.1 Å². The molecule has 2 atom stereocenters. The average Bonchev–Trinajstić information content (AvgIpc) is 3.11. The second kappa shape index (κ2) is 18.0. The Balaban J connectivity index is 1.43. The van der Waals surface area contributed by atoms with Crippen LogP contribution >= 0.6 is 21.6 Å². The topological polar surface area (TPSA) is 137 Å². The SMILES string of the molecule is CN[C@H](O[C@H]1CCCCSSCc2c(ccc3ccc(O)cc23)-c2c(ccc(O)c2OC)CCC(=O)C1)c1ccc(NCC(C)=O)c(CO)c1. The molecule has 4 aromatic carbocycles. The van der Waals surface area contributed by atoms with Crippen LogP contribution < -0.4 is 15.4 Å². The summed E-state index contributed by atoms with van der Waals surface area (Å²) in [4.78, 5) is 25.2. The van der Waals surface area contributed by atoms with E-state index >= 15 is 0 Å². The zero-order valence-corrected chi connectivity index (χ0v) is 30.4. The van der Waals surface area contributed by atoms with Gasteiger partial charge in [-0.3, -0.25) is 14.9 Å². The molecule has 0 aliphatic carbocycles. The van der Waals surface area contributed by atoms with Crippen LogP contribution in [-0.4, -0.2) is 59.4 Å². The summed E-state index contributed by atoms with van der Waals surface area (Å²) in [5, 5.41) is 39.6. The first-order valence-corrected chi connectivity index (χ1v) is 19.4. The maximum Gasteiger partial charge on any atom is 0.168 e. The molecule has 50 heavy (non-hydrogen) atoms. The number of hydrogen-bond acceptors (Lipinski definition) is 11. The second-order valence-electron chi connectivity index (χ2n) is 12.5. The number of phenolic OH excluding ortho intramolecular Hbond substituents is 2. The smallest absolute Gasteiger partial charge is 0.168 e. The van der Waals surface area contributed by atoms with Crippen molar-refractivity contribution >= 4 is 49.6 Å². The molecule has 1 heterocycles. The second-order valence-corrected chi connectivity index (χ2v) is 15.1. The maximum atomic E-state index is 13.7. The summed E-state index contributed by atoms with van der Waals surface area (Å²) in [5.41, 5.74) is 5.75. The number of ether oxygens (including phenoxy) is 2. The lowest BCUT2D eigenvalue weighted by molar-refractivity contribution is -0.124. The first-order valence-electron chi connectivity index (χ1n) is 16.9. The molecule has 5 rings (SSSR count). The number of Topliss-reactive ketones (excluding diaryl/α,β-unsaturated/α-hetero) is 2. The van der Waals surface area contributed by atoms with Gasteiger partial charge in [0, 0.05) is 41.2 Å². The van der Waals surface area contributed by atoms with Crippen LogP contribution in [0.25, 0.3) is 21.9 Å². The molecule has 0 fully saturated rings. The van der Waals surface area contributed by atoms with Gasteiger partial charge in [-0.25, -0.2) is 0 Å². The van der Waals surface area contributed by atoms with E-state index in [2.05, 4.69) is 10.6 Å². The molecule has 1 aliphatic heterocycles. The number of rotatable bonds is 9. The van der Waals surface area contributed by atoms with Gasteiger partial charge in [0.15, 0.2) is 11.5 Å². The quantitative estimate of drug-likeness (QED) is 0.0861. The molecule has 11 heteroatoms. The summed E-state index contributed by atoms with van der Waals surface area (Å²) in [6.45, 7) is 1.48. The van der Waals surface area contributed by atoms with Crippen molar-refractivity contribution in [2.45, 2.75) is 70.1 Å². The molecule has 0 radical (unpaired) electrons. The van der Waals surface area contributed by atoms with Crippen molar-refractivity contribution in [1.29, 1.82) is 0 Å². The molecule has 4 aromatic rings. The van der Waals surface area contributed by atoms with E-state index < -0.39 is 6.23 Å². The van der Waals surface area contributed by atoms with Gasteiger partial charge in [-0.2, -0.15) is 0 Å². The lowest BCUT2D eigenvalue weighted by Gasteiger charge is -2.26. The molecule has 0 amide bonds. The highest BCUT2D eigenvalue weighted by Gasteiger charge is 2.24. The van der Waals surface area contributed by atoms with Crippen LogP contribution in [0.1, 0.15) is 67.5 Å². The Labute approximate surface area is 301 Å². The maximum absolute atomic E-state index is 13.7. The first-order chi connectivity index (χ1) is 24.2. The summed E-state index contributed by atoms with van der Waals surface area (Å²) >= 11 is 0. The Morgan fingerprint density at radius 3 is 2.60 bits per heavy atom.